The minimum absolute atomic E-state index is 0.363. The van der Waals surface area contributed by atoms with Crippen LogP contribution in [0.25, 0.3) is 20.8 Å². The molecular weight excluding hydrogens is 472 g/mol. The number of ether oxygens (including phenoxy) is 2. The Hall–Kier alpha value is -2.64. The molecule has 0 aliphatic carbocycles. The maximum atomic E-state index is 13.4. The first-order chi connectivity index (χ1) is 16.6. The van der Waals surface area contributed by atoms with Crippen molar-refractivity contribution < 1.29 is 19.4 Å². The van der Waals surface area contributed by atoms with Crippen molar-refractivity contribution in [3.63, 3.8) is 0 Å². The zero-order valence-corrected chi connectivity index (χ0v) is 23.6. The third-order valence-electron chi connectivity index (χ3n) is 7.14. The lowest BCUT2D eigenvalue weighted by Gasteiger charge is -2.49. The molecule has 36 heavy (non-hydrogen) atoms. The Balaban J connectivity index is 1.86. The molecule has 2 heterocycles. The third kappa shape index (κ3) is 4.37. The van der Waals surface area contributed by atoms with Crippen molar-refractivity contribution in [1.29, 1.82) is 0 Å². The van der Waals surface area contributed by atoms with E-state index < -0.39 is 34.2 Å². The van der Waals surface area contributed by atoms with Gasteiger partial charge in [-0.05, 0) is 56.0 Å². The van der Waals surface area contributed by atoms with Crippen LogP contribution in [0.5, 0.6) is 5.75 Å². The number of carbonyl (C=O) groups is 1. The second-order valence-corrected chi connectivity index (χ2v) is 13.4. The van der Waals surface area contributed by atoms with Crippen LogP contribution in [0.2, 0.25) is 0 Å². The van der Waals surface area contributed by atoms with Gasteiger partial charge in [-0.15, -0.1) is 11.3 Å². The van der Waals surface area contributed by atoms with Crippen LogP contribution in [0, 0.1) is 10.8 Å². The molecule has 1 aromatic heterocycles. The molecule has 0 unspecified atom stereocenters. The molecule has 2 aromatic carbocycles. The molecule has 0 bridgehead atoms. The summed E-state index contributed by atoms with van der Waals surface area (Å²) in [6, 6.07) is 13.3. The summed E-state index contributed by atoms with van der Waals surface area (Å²) in [6.07, 6.45) is -0.435. The molecule has 1 amide bonds. The van der Waals surface area contributed by atoms with Gasteiger partial charge in [-0.3, -0.25) is 4.90 Å². The number of para-hydroxylation sites is 1. The number of hydrogen-bond acceptors (Lipinski definition) is 6. The Kier molecular flexibility index (Phi) is 6.41. The minimum atomic E-state index is -1.24. The van der Waals surface area contributed by atoms with Crippen LogP contribution in [-0.4, -0.2) is 45.9 Å². The summed E-state index contributed by atoms with van der Waals surface area (Å²) in [5, 5.41) is 13.3. The van der Waals surface area contributed by atoms with Crippen molar-refractivity contribution in [2.45, 2.75) is 72.6 Å². The van der Waals surface area contributed by atoms with E-state index in [-0.39, 0.29) is 0 Å². The Labute approximate surface area is 218 Å². The monoisotopic (exact) mass is 510 g/mol. The van der Waals surface area contributed by atoms with Gasteiger partial charge in [-0.2, -0.15) is 0 Å². The predicted octanol–water partition coefficient (Wildman–Crippen LogP) is 7.07. The van der Waals surface area contributed by atoms with Crippen LogP contribution in [-0.2, 0) is 4.74 Å². The first kappa shape index (κ1) is 26.4. The number of methoxy groups -OCH3 is 1. The maximum Gasteiger partial charge on any atom is 0.410 e. The lowest BCUT2D eigenvalue weighted by Crippen LogP contribution is -2.55. The zero-order chi connectivity index (χ0) is 26.7. The van der Waals surface area contributed by atoms with Gasteiger partial charge < -0.3 is 14.6 Å². The molecule has 1 aliphatic rings. The van der Waals surface area contributed by atoms with Gasteiger partial charge in [-0.1, -0.05) is 52.8 Å². The minimum Gasteiger partial charge on any atom is -0.496 e. The van der Waals surface area contributed by atoms with E-state index in [9.17, 15) is 9.90 Å². The van der Waals surface area contributed by atoms with Crippen LogP contribution in [0.3, 0.4) is 0 Å². The van der Waals surface area contributed by atoms with Gasteiger partial charge in [0.05, 0.1) is 28.9 Å². The van der Waals surface area contributed by atoms with E-state index >= 15 is 0 Å². The molecule has 2 atom stereocenters. The predicted molar refractivity (Wildman–Crippen MR) is 145 cm³/mol. The van der Waals surface area contributed by atoms with Crippen molar-refractivity contribution in [2.75, 3.05) is 13.7 Å². The quantitative estimate of drug-likeness (QED) is 0.408. The standard InChI is InChI=1S/C29H38N2O4S/c1-26(2,3)29(33)23(31(17-28(29,7)8)25(32)35-27(4,5)6)18-14-15-19(21(16-18)34-9)24-30-20-12-10-11-13-22(20)36-24/h10-16,23,33H,17H2,1-9H3/t23-,29+/m0/s1. The van der Waals surface area contributed by atoms with Gasteiger partial charge in [0.2, 0.25) is 0 Å². The number of amides is 1. The molecular formula is C29H38N2O4S. The third-order valence-corrected chi connectivity index (χ3v) is 8.21. The molecule has 1 saturated heterocycles. The van der Waals surface area contributed by atoms with Gasteiger partial charge >= 0.3 is 6.09 Å². The fourth-order valence-electron chi connectivity index (χ4n) is 5.61. The van der Waals surface area contributed by atoms with Crippen molar-refractivity contribution in [3.05, 3.63) is 48.0 Å². The van der Waals surface area contributed by atoms with Gasteiger partial charge in [0.1, 0.15) is 22.0 Å². The lowest BCUT2D eigenvalue weighted by molar-refractivity contribution is -0.138. The van der Waals surface area contributed by atoms with Crippen molar-refractivity contribution >= 4 is 27.6 Å². The first-order valence-electron chi connectivity index (χ1n) is 12.3. The molecule has 0 saturated carbocycles. The number of nitrogens with zero attached hydrogens (tertiary/aromatic N) is 2. The zero-order valence-electron chi connectivity index (χ0n) is 22.8. The second kappa shape index (κ2) is 8.73. The summed E-state index contributed by atoms with van der Waals surface area (Å²) in [5.41, 5.74) is -0.391. The SMILES string of the molecule is COc1cc([C@@H]2N(C(=O)OC(C)(C)C)CC(C)(C)[C@]2(O)C(C)(C)C)ccc1-c1nc2ccccc2s1. The van der Waals surface area contributed by atoms with Gasteiger partial charge in [0.15, 0.2) is 0 Å². The smallest absolute Gasteiger partial charge is 0.410 e. The molecule has 7 heteroatoms. The summed E-state index contributed by atoms with van der Waals surface area (Å²) in [5.74, 6) is 0.650. The highest BCUT2D eigenvalue weighted by Crippen LogP contribution is 2.59. The molecule has 0 spiro atoms. The van der Waals surface area contributed by atoms with E-state index in [1.54, 1.807) is 23.3 Å². The van der Waals surface area contributed by atoms with Gasteiger partial charge in [0, 0.05) is 12.0 Å². The highest BCUT2D eigenvalue weighted by molar-refractivity contribution is 7.21. The van der Waals surface area contributed by atoms with Crippen molar-refractivity contribution in [3.8, 4) is 16.3 Å². The number of rotatable bonds is 3. The number of thiazole rings is 1. The van der Waals surface area contributed by atoms with E-state index in [1.165, 1.54) is 0 Å². The van der Waals surface area contributed by atoms with Crippen LogP contribution >= 0.6 is 11.3 Å². The number of aliphatic hydroxyl groups is 1. The average molecular weight is 511 g/mol. The number of fused-ring (bicyclic) bond motifs is 1. The maximum absolute atomic E-state index is 13.4. The highest BCUT2D eigenvalue weighted by atomic mass is 32.1. The Morgan fingerprint density at radius 2 is 1.78 bits per heavy atom. The van der Waals surface area contributed by atoms with E-state index in [1.807, 2.05) is 91.8 Å². The van der Waals surface area contributed by atoms with Gasteiger partial charge in [-0.25, -0.2) is 9.78 Å². The first-order valence-corrected chi connectivity index (χ1v) is 13.2. The van der Waals surface area contributed by atoms with E-state index in [2.05, 4.69) is 6.07 Å². The second-order valence-electron chi connectivity index (χ2n) is 12.4. The molecule has 1 N–H and O–H groups in total. The number of carbonyl (C=O) groups excluding carboxylic acids is 1. The summed E-state index contributed by atoms with van der Waals surface area (Å²) < 4.78 is 12.7. The summed E-state index contributed by atoms with van der Waals surface area (Å²) in [4.78, 5) is 19.9. The Morgan fingerprint density at radius 1 is 1.11 bits per heavy atom. The lowest BCUT2D eigenvalue weighted by atomic mass is 9.60. The fraction of sp³-hybridized carbons (Fsp3) is 0.517. The van der Waals surface area contributed by atoms with Crippen LogP contribution in [0.1, 0.15) is 67.0 Å². The molecule has 6 nitrogen and oxygen atoms in total. The molecule has 1 fully saturated rings. The fourth-order valence-corrected chi connectivity index (χ4v) is 6.61. The molecule has 0 radical (unpaired) electrons. The van der Waals surface area contributed by atoms with Crippen LogP contribution < -0.4 is 4.74 Å². The number of benzene rings is 2. The highest BCUT2D eigenvalue weighted by Gasteiger charge is 2.65. The molecule has 194 valence electrons. The molecule has 3 aromatic rings. The van der Waals surface area contributed by atoms with Crippen molar-refractivity contribution in [2.24, 2.45) is 10.8 Å². The van der Waals surface area contributed by atoms with E-state index in [4.69, 9.17) is 14.5 Å². The number of likely N-dealkylation sites (tertiary alicyclic amines) is 1. The van der Waals surface area contributed by atoms with Crippen molar-refractivity contribution in [1.82, 2.24) is 9.88 Å². The van der Waals surface area contributed by atoms with Crippen LogP contribution in [0.15, 0.2) is 42.5 Å². The normalized spacial score (nSPS) is 22.2. The number of aromatic nitrogens is 1. The Bertz CT molecular complexity index is 1250. The van der Waals surface area contributed by atoms with E-state index in [0.29, 0.717) is 12.3 Å². The molecule has 1 aliphatic heterocycles. The summed E-state index contributed by atoms with van der Waals surface area (Å²) >= 11 is 1.61. The Morgan fingerprint density at radius 3 is 2.36 bits per heavy atom. The van der Waals surface area contributed by atoms with E-state index in [0.717, 1.165) is 26.4 Å². The topological polar surface area (TPSA) is 71.9 Å². The number of hydrogen-bond donors (Lipinski definition) is 1. The van der Waals surface area contributed by atoms with Crippen LogP contribution in [0.4, 0.5) is 4.79 Å². The largest absolute Gasteiger partial charge is 0.496 e. The summed E-state index contributed by atoms with van der Waals surface area (Å²) in [7, 11) is 1.64. The van der Waals surface area contributed by atoms with Gasteiger partial charge in [0.25, 0.3) is 0 Å². The average Bonchev–Trinajstić information content (AvgIpc) is 3.29. The molecule has 4 rings (SSSR count). The summed E-state index contributed by atoms with van der Waals surface area (Å²) in [6.45, 7) is 16.0.